The number of anilines is 1. The van der Waals surface area contributed by atoms with Crippen LogP contribution in [0.4, 0.5) is 5.69 Å². The van der Waals surface area contributed by atoms with Gasteiger partial charge in [-0.15, -0.1) is 22.7 Å². The van der Waals surface area contributed by atoms with Crippen LogP contribution in [-0.2, 0) is 0 Å². The van der Waals surface area contributed by atoms with Gasteiger partial charge in [0.25, 0.3) is 0 Å². The predicted molar refractivity (Wildman–Crippen MR) is 72.1 cm³/mol. The van der Waals surface area contributed by atoms with E-state index in [4.69, 9.17) is 0 Å². The van der Waals surface area contributed by atoms with Crippen LogP contribution in [0.25, 0.3) is 0 Å². The van der Waals surface area contributed by atoms with Gasteiger partial charge in [-0.05, 0) is 41.8 Å². The lowest BCUT2D eigenvalue weighted by molar-refractivity contribution is 0.904. The van der Waals surface area contributed by atoms with Gasteiger partial charge in [-0.1, -0.05) is 0 Å². The molecule has 16 heavy (non-hydrogen) atoms. The van der Waals surface area contributed by atoms with Gasteiger partial charge in [0.15, 0.2) is 0 Å². The number of hydrogen-bond acceptors (Lipinski definition) is 4. The highest BCUT2D eigenvalue weighted by Crippen LogP contribution is 2.41. The monoisotopic (exact) mass is 248 g/mol. The Morgan fingerprint density at radius 1 is 1.25 bits per heavy atom. The summed E-state index contributed by atoms with van der Waals surface area (Å²) in [6.45, 7) is 4.35. The summed E-state index contributed by atoms with van der Waals surface area (Å²) in [7, 11) is 0. The molecule has 0 aromatic carbocycles. The molecule has 1 aliphatic rings. The number of hydrogen-bond donors (Lipinski definition) is 1. The Bertz CT molecular complexity index is 551. The van der Waals surface area contributed by atoms with Crippen molar-refractivity contribution in [1.29, 1.82) is 0 Å². The summed E-state index contributed by atoms with van der Waals surface area (Å²) in [6.07, 6.45) is 1.81. The van der Waals surface area contributed by atoms with Crippen LogP contribution in [0.1, 0.15) is 26.9 Å². The van der Waals surface area contributed by atoms with Crippen molar-refractivity contribution in [3.8, 4) is 0 Å². The minimum atomic E-state index is 0.204. The highest BCUT2D eigenvalue weighted by Gasteiger charge is 2.23. The van der Waals surface area contributed by atoms with Crippen LogP contribution in [0.5, 0.6) is 0 Å². The van der Waals surface area contributed by atoms with E-state index >= 15 is 0 Å². The van der Waals surface area contributed by atoms with Crippen molar-refractivity contribution in [2.45, 2.75) is 19.9 Å². The molecule has 1 atom stereocenters. The van der Waals surface area contributed by atoms with Crippen molar-refractivity contribution in [1.82, 2.24) is 0 Å². The first kappa shape index (κ1) is 10.1. The zero-order valence-corrected chi connectivity index (χ0v) is 10.8. The molecule has 0 aliphatic carbocycles. The molecule has 0 bridgehead atoms. The predicted octanol–water partition coefficient (Wildman–Crippen LogP) is 3.97. The van der Waals surface area contributed by atoms with Crippen LogP contribution in [0.15, 0.2) is 21.8 Å². The molecular formula is C12H12N2S2. The van der Waals surface area contributed by atoms with Crippen LogP contribution in [-0.4, -0.2) is 6.34 Å². The van der Waals surface area contributed by atoms with E-state index in [2.05, 4.69) is 41.0 Å². The number of fused-ring (bicyclic) bond motifs is 1. The highest BCUT2D eigenvalue weighted by atomic mass is 32.1. The van der Waals surface area contributed by atoms with Crippen LogP contribution < -0.4 is 5.32 Å². The van der Waals surface area contributed by atoms with Gasteiger partial charge in [-0.25, -0.2) is 0 Å². The standard InChI is InChI=1S/C12H12N2S2/c1-7-5-16-11(8(7)2)10-12-9(3-4-15-12)13-6-14-10/h3-6,10H,1-2H3,(H,13,14). The molecule has 1 aliphatic heterocycles. The van der Waals surface area contributed by atoms with E-state index in [0.29, 0.717) is 0 Å². The minimum absolute atomic E-state index is 0.204. The number of nitrogens with one attached hydrogen (secondary N) is 1. The van der Waals surface area contributed by atoms with E-state index in [-0.39, 0.29) is 6.04 Å². The maximum Gasteiger partial charge on any atom is 0.122 e. The van der Waals surface area contributed by atoms with E-state index in [9.17, 15) is 0 Å². The summed E-state index contributed by atoms with van der Waals surface area (Å²) < 4.78 is 0. The molecule has 1 N–H and O–H groups in total. The van der Waals surface area contributed by atoms with Crippen molar-refractivity contribution in [3.05, 3.63) is 37.7 Å². The number of thiophene rings is 2. The summed E-state index contributed by atoms with van der Waals surface area (Å²) in [4.78, 5) is 7.27. The molecular weight excluding hydrogens is 236 g/mol. The quantitative estimate of drug-likeness (QED) is 0.811. The molecule has 2 nitrogen and oxygen atoms in total. The Morgan fingerprint density at radius 3 is 2.88 bits per heavy atom. The summed E-state index contributed by atoms with van der Waals surface area (Å²) in [6, 6.07) is 2.32. The van der Waals surface area contributed by atoms with Crippen molar-refractivity contribution < 1.29 is 0 Å². The zero-order valence-electron chi connectivity index (χ0n) is 9.15. The van der Waals surface area contributed by atoms with Gasteiger partial charge in [-0.2, -0.15) is 0 Å². The second-order valence-electron chi connectivity index (χ2n) is 3.93. The minimum Gasteiger partial charge on any atom is -0.346 e. The number of rotatable bonds is 1. The third kappa shape index (κ3) is 1.41. The average molecular weight is 248 g/mol. The fraction of sp³-hybridized carbons (Fsp3) is 0.250. The molecule has 2 aromatic rings. The lowest BCUT2D eigenvalue weighted by Crippen LogP contribution is -2.08. The molecule has 3 heterocycles. The Balaban J connectivity index is 2.11. The highest BCUT2D eigenvalue weighted by molar-refractivity contribution is 7.12. The first-order chi connectivity index (χ1) is 7.77. The molecule has 82 valence electrons. The van der Waals surface area contributed by atoms with Crippen LogP contribution in [0.3, 0.4) is 0 Å². The lowest BCUT2D eigenvalue weighted by Gasteiger charge is -2.17. The smallest absolute Gasteiger partial charge is 0.122 e. The molecule has 1 unspecified atom stereocenters. The Morgan fingerprint density at radius 2 is 2.12 bits per heavy atom. The third-order valence-electron chi connectivity index (χ3n) is 2.96. The molecule has 3 rings (SSSR count). The van der Waals surface area contributed by atoms with Crippen molar-refractivity contribution >= 4 is 34.7 Å². The average Bonchev–Trinajstić information content (AvgIpc) is 2.87. The van der Waals surface area contributed by atoms with Crippen molar-refractivity contribution in [2.75, 3.05) is 5.32 Å². The molecule has 0 saturated heterocycles. The second-order valence-corrected chi connectivity index (χ2v) is 5.79. The first-order valence-corrected chi connectivity index (χ1v) is 6.93. The van der Waals surface area contributed by atoms with Crippen LogP contribution >= 0.6 is 22.7 Å². The molecule has 0 spiro atoms. The van der Waals surface area contributed by atoms with Crippen molar-refractivity contribution in [3.63, 3.8) is 0 Å². The fourth-order valence-electron chi connectivity index (χ4n) is 1.88. The largest absolute Gasteiger partial charge is 0.346 e. The SMILES string of the molecule is Cc1csc(C2N=CNc3ccsc32)c1C. The third-order valence-corrected chi connectivity index (χ3v) is 5.18. The molecule has 0 fully saturated rings. The van der Waals surface area contributed by atoms with Crippen molar-refractivity contribution in [2.24, 2.45) is 4.99 Å². The van der Waals surface area contributed by atoms with Gasteiger partial charge in [0, 0.05) is 4.88 Å². The van der Waals surface area contributed by atoms with E-state index < -0.39 is 0 Å². The lowest BCUT2D eigenvalue weighted by atomic mass is 10.1. The molecule has 0 saturated carbocycles. The van der Waals surface area contributed by atoms with E-state index in [1.165, 1.54) is 26.6 Å². The first-order valence-electron chi connectivity index (χ1n) is 5.17. The maximum atomic E-state index is 4.57. The topological polar surface area (TPSA) is 24.4 Å². The summed E-state index contributed by atoms with van der Waals surface area (Å²) in [5.74, 6) is 0. The van der Waals surface area contributed by atoms with E-state index in [1.807, 2.05) is 17.7 Å². The molecule has 0 amide bonds. The Hall–Kier alpha value is -1.13. The van der Waals surface area contributed by atoms with E-state index in [0.717, 1.165) is 0 Å². The van der Waals surface area contributed by atoms with Gasteiger partial charge in [0.2, 0.25) is 0 Å². The van der Waals surface area contributed by atoms with Gasteiger partial charge in [0.1, 0.15) is 6.04 Å². The molecule has 4 heteroatoms. The second kappa shape index (κ2) is 3.71. The van der Waals surface area contributed by atoms with Gasteiger partial charge in [0.05, 0.1) is 16.9 Å². The number of aryl methyl sites for hydroxylation is 1. The summed E-state index contributed by atoms with van der Waals surface area (Å²) >= 11 is 3.59. The molecule has 2 aromatic heterocycles. The molecule has 0 radical (unpaired) electrons. The van der Waals surface area contributed by atoms with Gasteiger partial charge in [-0.3, -0.25) is 4.99 Å². The summed E-state index contributed by atoms with van der Waals surface area (Å²) in [5.41, 5.74) is 3.95. The van der Waals surface area contributed by atoms with Crippen LogP contribution in [0, 0.1) is 13.8 Å². The summed E-state index contributed by atoms with van der Waals surface area (Å²) in [5, 5.41) is 7.53. The number of nitrogens with zero attached hydrogens (tertiary/aromatic N) is 1. The fourth-order valence-corrected chi connectivity index (χ4v) is 3.99. The maximum absolute atomic E-state index is 4.57. The van der Waals surface area contributed by atoms with E-state index in [1.54, 1.807) is 11.3 Å². The van der Waals surface area contributed by atoms with Gasteiger partial charge >= 0.3 is 0 Å². The Kier molecular flexibility index (Phi) is 2.33. The number of aliphatic imine (C=N–C) groups is 1. The zero-order chi connectivity index (χ0) is 11.1. The normalized spacial score (nSPS) is 18.2. The van der Waals surface area contributed by atoms with Gasteiger partial charge < -0.3 is 5.32 Å². The Labute approximate surface area is 103 Å². The van der Waals surface area contributed by atoms with Crippen LogP contribution in [0.2, 0.25) is 0 Å².